The first kappa shape index (κ1) is 35.5. The molecule has 0 fully saturated rings. The number of rotatable bonds is 7. The van der Waals surface area contributed by atoms with E-state index in [0.29, 0.717) is 17.6 Å². The van der Waals surface area contributed by atoms with Crippen LogP contribution in [0, 0.1) is 20.8 Å². The number of aromatic nitrogens is 8. The van der Waals surface area contributed by atoms with Gasteiger partial charge in [-0.2, -0.15) is 10.2 Å². The molecule has 268 valence electrons. The summed E-state index contributed by atoms with van der Waals surface area (Å²) in [5.74, 6) is -1.01. The van der Waals surface area contributed by atoms with Gasteiger partial charge in [0.2, 0.25) is 0 Å². The lowest BCUT2D eigenvalue weighted by molar-refractivity contribution is 0.0690. The summed E-state index contributed by atoms with van der Waals surface area (Å²) in [6.07, 6.45) is 11.0. The molecule has 8 aromatic rings. The fourth-order valence-corrected chi connectivity index (χ4v) is 7.18. The molecule has 0 amide bonds. The van der Waals surface area contributed by atoms with Gasteiger partial charge < -0.3 is 5.11 Å². The van der Waals surface area contributed by atoms with Crippen LogP contribution in [0.25, 0.3) is 66.6 Å². The molecule has 0 atom stereocenters. The number of fused-ring (bicyclic) bond motifs is 2. The molecule has 0 unspecified atom stereocenters. The number of carbonyl (C=O) groups excluding carboxylic acids is 1. The van der Waals surface area contributed by atoms with Crippen LogP contribution in [-0.2, 0) is 14.1 Å². The zero-order valence-corrected chi connectivity index (χ0v) is 30.9. The summed E-state index contributed by atoms with van der Waals surface area (Å²) < 4.78 is 3.57. The number of carbonyl (C=O) groups is 2. The van der Waals surface area contributed by atoms with Crippen LogP contribution >= 0.6 is 0 Å². The minimum absolute atomic E-state index is 0.0224. The Morgan fingerprint density at radius 3 is 1.69 bits per heavy atom. The first-order chi connectivity index (χ1) is 26.1. The molecule has 0 bridgehead atoms. The van der Waals surface area contributed by atoms with Gasteiger partial charge >= 0.3 is 5.97 Å². The summed E-state index contributed by atoms with van der Waals surface area (Å²) in [5.41, 5.74) is 13.2. The lowest BCUT2D eigenvalue weighted by atomic mass is 9.90. The normalized spacial score (nSPS) is 11.1. The molecule has 0 aliphatic heterocycles. The highest BCUT2D eigenvalue weighted by Crippen LogP contribution is 2.38. The molecule has 54 heavy (non-hydrogen) atoms. The third kappa shape index (κ3) is 6.51. The molecule has 11 nitrogen and oxygen atoms in total. The highest BCUT2D eigenvalue weighted by molar-refractivity contribution is 6.05. The van der Waals surface area contributed by atoms with Crippen molar-refractivity contribution >= 4 is 33.6 Å². The molecular weight excluding hydrogens is 677 g/mol. The van der Waals surface area contributed by atoms with Crippen LogP contribution in [0.1, 0.15) is 51.0 Å². The van der Waals surface area contributed by atoms with Crippen molar-refractivity contribution in [3.8, 4) is 44.8 Å². The Bertz CT molecular complexity index is 2700. The van der Waals surface area contributed by atoms with Crippen LogP contribution in [-0.4, -0.2) is 56.4 Å². The van der Waals surface area contributed by atoms with E-state index in [1.54, 1.807) is 47.9 Å². The number of carboxylic acids is 1. The number of nitrogens with zero attached hydrogens (tertiary/aromatic N) is 8. The van der Waals surface area contributed by atoms with Crippen LogP contribution in [0.5, 0.6) is 0 Å². The predicted octanol–water partition coefficient (Wildman–Crippen LogP) is 8.61. The molecule has 0 saturated carbocycles. The maximum atomic E-state index is 12.3. The van der Waals surface area contributed by atoms with Crippen molar-refractivity contribution in [1.82, 2.24) is 39.5 Å². The van der Waals surface area contributed by atoms with E-state index < -0.39 is 5.97 Å². The molecule has 0 spiro atoms. The maximum absolute atomic E-state index is 12.3. The number of Topliss-reactive ketones (excluding diaryl/α,β-unsaturated/α-hetero) is 1. The van der Waals surface area contributed by atoms with E-state index >= 15 is 0 Å². The summed E-state index contributed by atoms with van der Waals surface area (Å²) in [5, 5.41) is 20.0. The Morgan fingerprint density at radius 1 is 0.611 bits per heavy atom. The first-order valence-electron chi connectivity index (χ1n) is 17.5. The quantitative estimate of drug-likeness (QED) is 0.161. The summed E-state index contributed by atoms with van der Waals surface area (Å²) >= 11 is 0. The Morgan fingerprint density at radius 2 is 1.15 bits per heavy atom. The summed E-state index contributed by atoms with van der Waals surface area (Å²) in [6.45, 7) is 8.02. The third-order valence-electron chi connectivity index (χ3n) is 9.76. The second-order valence-corrected chi connectivity index (χ2v) is 13.1. The summed E-state index contributed by atoms with van der Waals surface area (Å²) in [7, 11) is 3.75. The molecule has 6 heterocycles. The lowest BCUT2D eigenvalue weighted by Gasteiger charge is -2.17. The minimum Gasteiger partial charge on any atom is -0.477 e. The smallest absolute Gasteiger partial charge is 0.354 e. The number of benzene rings is 2. The number of aryl methyl sites for hydroxylation is 5. The van der Waals surface area contributed by atoms with E-state index in [9.17, 15) is 14.7 Å². The number of ketones is 1. The number of carboxylic acid groups (broad SMARTS) is 1. The second-order valence-electron chi connectivity index (χ2n) is 13.1. The first-order valence-corrected chi connectivity index (χ1v) is 17.5. The molecule has 6 aromatic heterocycles. The van der Waals surface area contributed by atoms with Gasteiger partial charge in [0.05, 0.1) is 22.4 Å². The Labute approximate surface area is 312 Å². The number of pyridine rings is 4. The lowest BCUT2D eigenvalue weighted by Crippen LogP contribution is -2.04. The Kier molecular flexibility index (Phi) is 9.62. The van der Waals surface area contributed by atoms with E-state index in [0.717, 1.165) is 77.7 Å². The van der Waals surface area contributed by atoms with E-state index in [2.05, 4.69) is 43.1 Å². The van der Waals surface area contributed by atoms with Crippen LogP contribution < -0.4 is 0 Å². The molecule has 0 aliphatic carbocycles. The van der Waals surface area contributed by atoms with E-state index in [1.807, 2.05) is 94.1 Å². The van der Waals surface area contributed by atoms with Gasteiger partial charge in [-0.05, 0) is 120 Å². The SMILES string of the molecule is CCC(=O)c1cc(-c2ccnn2C)c2c(C)c(-c3ccncc3)ccc2n1.Cc1cc2nc(C(=O)O)cc(-c3ccnn3C)c2c(C)c1-c1ccncc1. The molecule has 11 heteroatoms. The minimum atomic E-state index is -1.05. The van der Waals surface area contributed by atoms with Gasteiger partial charge in [0.25, 0.3) is 0 Å². The predicted molar refractivity (Wildman–Crippen MR) is 210 cm³/mol. The molecule has 0 radical (unpaired) electrons. The topological polar surface area (TPSA) is 142 Å². The molecule has 0 saturated heterocycles. The van der Waals surface area contributed by atoms with Crippen LogP contribution in [0.3, 0.4) is 0 Å². The molecule has 1 N–H and O–H groups in total. The Balaban J connectivity index is 0.000000167. The van der Waals surface area contributed by atoms with E-state index in [4.69, 9.17) is 0 Å². The van der Waals surface area contributed by atoms with Gasteiger partial charge in [0.15, 0.2) is 5.78 Å². The van der Waals surface area contributed by atoms with Crippen LogP contribution in [0.4, 0.5) is 0 Å². The van der Waals surface area contributed by atoms with Crippen molar-refractivity contribution in [3.05, 3.63) is 132 Å². The van der Waals surface area contributed by atoms with Crippen molar-refractivity contribution in [3.63, 3.8) is 0 Å². The second kappa shape index (κ2) is 14.6. The number of aromatic carboxylic acids is 1. The van der Waals surface area contributed by atoms with Crippen molar-refractivity contribution in [2.45, 2.75) is 34.1 Å². The zero-order valence-electron chi connectivity index (χ0n) is 30.9. The van der Waals surface area contributed by atoms with Gasteiger partial charge in [-0.25, -0.2) is 14.8 Å². The van der Waals surface area contributed by atoms with Crippen molar-refractivity contribution < 1.29 is 14.7 Å². The van der Waals surface area contributed by atoms with Gasteiger partial charge in [0.1, 0.15) is 11.4 Å². The number of hydrogen-bond donors (Lipinski definition) is 1. The van der Waals surface area contributed by atoms with Gasteiger partial charge in [0, 0.05) is 79.6 Å². The fraction of sp³-hybridized carbons (Fsp3) is 0.163. The zero-order chi connectivity index (χ0) is 38.1. The van der Waals surface area contributed by atoms with Crippen molar-refractivity contribution in [2.24, 2.45) is 14.1 Å². The van der Waals surface area contributed by atoms with Gasteiger partial charge in [-0.1, -0.05) is 13.0 Å². The largest absolute Gasteiger partial charge is 0.477 e. The fourth-order valence-electron chi connectivity index (χ4n) is 7.18. The highest BCUT2D eigenvalue weighted by Gasteiger charge is 2.20. The molecule has 8 rings (SSSR count). The molecule has 2 aromatic carbocycles. The Hall–Kier alpha value is -6.88. The van der Waals surface area contributed by atoms with Crippen LogP contribution in [0.2, 0.25) is 0 Å². The van der Waals surface area contributed by atoms with Crippen molar-refractivity contribution in [2.75, 3.05) is 0 Å². The summed E-state index contributed by atoms with van der Waals surface area (Å²) in [6, 6.07) is 21.3. The van der Waals surface area contributed by atoms with E-state index in [-0.39, 0.29) is 11.5 Å². The van der Waals surface area contributed by atoms with Crippen molar-refractivity contribution in [1.29, 1.82) is 0 Å². The summed E-state index contributed by atoms with van der Waals surface area (Å²) in [4.78, 5) is 41.2. The monoisotopic (exact) mass is 714 g/mol. The average Bonchev–Trinajstić information content (AvgIpc) is 3.82. The van der Waals surface area contributed by atoms with E-state index in [1.165, 1.54) is 0 Å². The average molecular weight is 715 g/mol. The van der Waals surface area contributed by atoms with Gasteiger partial charge in [-0.15, -0.1) is 0 Å². The van der Waals surface area contributed by atoms with Gasteiger partial charge in [-0.3, -0.25) is 24.1 Å². The number of hydrogen-bond acceptors (Lipinski definition) is 8. The maximum Gasteiger partial charge on any atom is 0.354 e. The highest BCUT2D eigenvalue weighted by atomic mass is 16.4. The third-order valence-corrected chi connectivity index (χ3v) is 9.76. The molecular formula is C43H38N8O3. The van der Waals surface area contributed by atoms with Crippen LogP contribution in [0.15, 0.2) is 104 Å². The molecule has 0 aliphatic rings. The standard InChI is InChI=1S/C22H20N4O.C21H18N4O2/c1-4-21(27)19-13-17(20-9-12-24-26(20)3)22-14(2)16(5-6-18(22)25-19)15-7-10-23-11-8-15;1-12-10-16-20(13(2)19(12)14-4-7-22-8-5-14)15(11-17(24-16)21(26)27)18-6-9-23-25(18)3/h5-13H,4H2,1-3H3;4-11H,1-3H3,(H,26,27).